The molecule has 0 spiro atoms. The molecule has 2 aromatic rings. The molecule has 2 atom stereocenters. The van der Waals surface area contributed by atoms with E-state index >= 15 is 0 Å². The lowest BCUT2D eigenvalue weighted by molar-refractivity contribution is -0.150. The maximum Gasteiger partial charge on any atom is 0.407 e. The number of carboxylic acids is 1. The molecule has 5 rings (SSSR count). The maximum atomic E-state index is 13.2. The van der Waals surface area contributed by atoms with E-state index in [1.54, 1.807) is 0 Å². The molecule has 1 heterocycles. The van der Waals surface area contributed by atoms with E-state index in [4.69, 9.17) is 4.74 Å². The minimum atomic E-state index is -1.01. The molecule has 1 saturated heterocycles. The zero-order valence-electron chi connectivity index (χ0n) is 18.1. The number of aliphatic carboxylic acids is 1. The quantitative estimate of drug-likeness (QED) is 0.678. The van der Waals surface area contributed by atoms with Gasteiger partial charge in [-0.25, -0.2) is 9.59 Å². The number of rotatable bonds is 6. The van der Waals surface area contributed by atoms with Crippen molar-refractivity contribution in [3.63, 3.8) is 0 Å². The van der Waals surface area contributed by atoms with E-state index in [0.29, 0.717) is 18.1 Å². The first-order valence-electron chi connectivity index (χ1n) is 11.3. The lowest BCUT2D eigenvalue weighted by Gasteiger charge is -2.35. The molecular formula is C25H26N2O5S. The smallest absolute Gasteiger partial charge is 0.407 e. The predicted octanol–water partition coefficient (Wildman–Crippen LogP) is 3.33. The Morgan fingerprint density at radius 1 is 1.06 bits per heavy atom. The number of hydrogen-bond acceptors (Lipinski definition) is 5. The van der Waals surface area contributed by atoms with E-state index in [1.165, 1.54) is 16.7 Å². The van der Waals surface area contributed by atoms with Gasteiger partial charge in [0, 0.05) is 24.0 Å². The second kappa shape index (κ2) is 9.09. The SMILES string of the molecule is O=C(NC(C(=O)N1CCSCC1C(=O)O)C1CC1)OCC1c2ccccc2-c2ccccc21. The fourth-order valence-electron chi connectivity index (χ4n) is 4.83. The van der Waals surface area contributed by atoms with Crippen LogP contribution in [-0.2, 0) is 14.3 Å². The van der Waals surface area contributed by atoms with Gasteiger partial charge in [-0.05, 0) is 41.0 Å². The predicted molar refractivity (Wildman–Crippen MR) is 125 cm³/mol. The Morgan fingerprint density at radius 3 is 2.30 bits per heavy atom. The van der Waals surface area contributed by atoms with Gasteiger partial charge in [-0.1, -0.05) is 48.5 Å². The highest BCUT2D eigenvalue weighted by Crippen LogP contribution is 2.44. The Balaban J connectivity index is 1.26. The third-order valence-electron chi connectivity index (χ3n) is 6.67. The number of ether oxygens (including phenoxy) is 1. The number of nitrogens with one attached hydrogen (secondary N) is 1. The lowest BCUT2D eigenvalue weighted by atomic mass is 9.98. The van der Waals surface area contributed by atoms with Crippen LogP contribution >= 0.6 is 11.8 Å². The summed E-state index contributed by atoms with van der Waals surface area (Å²) in [5, 5.41) is 12.3. The molecule has 0 aromatic heterocycles. The van der Waals surface area contributed by atoms with E-state index < -0.39 is 24.1 Å². The van der Waals surface area contributed by atoms with Crippen molar-refractivity contribution in [1.29, 1.82) is 0 Å². The second-order valence-corrected chi connectivity index (χ2v) is 9.90. The average molecular weight is 467 g/mol. The highest BCUT2D eigenvalue weighted by Gasteiger charge is 2.43. The Labute approximate surface area is 196 Å². The van der Waals surface area contributed by atoms with Crippen LogP contribution in [0.15, 0.2) is 48.5 Å². The van der Waals surface area contributed by atoms with Crippen molar-refractivity contribution in [3.8, 4) is 11.1 Å². The first kappa shape index (κ1) is 21.8. The van der Waals surface area contributed by atoms with Gasteiger partial charge in [0.1, 0.15) is 18.7 Å². The number of thioether (sulfide) groups is 1. The second-order valence-electron chi connectivity index (χ2n) is 8.75. The van der Waals surface area contributed by atoms with E-state index in [2.05, 4.69) is 29.6 Å². The molecule has 2 aliphatic carbocycles. The molecule has 2 aromatic carbocycles. The summed E-state index contributed by atoms with van der Waals surface area (Å²) in [5.74, 6) is -0.304. The van der Waals surface area contributed by atoms with Gasteiger partial charge >= 0.3 is 12.1 Å². The van der Waals surface area contributed by atoms with Crippen LogP contribution in [0, 0.1) is 5.92 Å². The van der Waals surface area contributed by atoms with Crippen LogP contribution in [0.2, 0.25) is 0 Å². The van der Waals surface area contributed by atoms with E-state index in [-0.39, 0.29) is 24.3 Å². The Bertz CT molecular complexity index is 1040. The minimum absolute atomic E-state index is 0.0296. The molecule has 1 aliphatic heterocycles. The van der Waals surface area contributed by atoms with E-state index in [9.17, 15) is 19.5 Å². The van der Waals surface area contributed by atoms with Crippen molar-refractivity contribution < 1.29 is 24.2 Å². The maximum absolute atomic E-state index is 13.2. The Hall–Kier alpha value is -3.00. The summed E-state index contributed by atoms with van der Waals surface area (Å²) in [6.07, 6.45) is 1.03. The summed E-state index contributed by atoms with van der Waals surface area (Å²) >= 11 is 1.53. The normalized spacial score (nSPS) is 20.5. The van der Waals surface area contributed by atoms with Crippen LogP contribution < -0.4 is 5.32 Å². The molecule has 2 fully saturated rings. The molecule has 2 unspecified atom stereocenters. The molecular weight excluding hydrogens is 440 g/mol. The van der Waals surface area contributed by atoms with Gasteiger partial charge in [0.25, 0.3) is 0 Å². The van der Waals surface area contributed by atoms with Crippen LogP contribution in [0.25, 0.3) is 11.1 Å². The number of nitrogens with zero attached hydrogens (tertiary/aromatic N) is 1. The van der Waals surface area contributed by atoms with Crippen molar-refractivity contribution in [3.05, 3.63) is 59.7 Å². The molecule has 8 heteroatoms. The number of benzene rings is 2. The molecule has 2 amide bonds. The van der Waals surface area contributed by atoms with Gasteiger partial charge in [0.15, 0.2) is 0 Å². The summed E-state index contributed by atoms with van der Waals surface area (Å²) in [7, 11) is 0. The fourth-order valence-corrected chi connectivity index (χ4v) is 5.87. The third-order valence-corrected chi connectivity index (χ3v) is 7.70. The molecule has 172 valence electrons. The van der Waals surface area contributed by atoms with E-state index in [0.717, 1.165) is 35.1 Å². The average Bonchev–Trinajstić information content (AvgIpc) is 3.63. The first-order chi connectivity index (χ1) is 16.0. The van der Waals surface area contributed by atoms with Gasteiger partial charge in [-0.2, -0.15) is 11.8 Å². The summed E-state index contributed by atoms with van der Waals surface area (Å²) in [5.41, 5.74) is 4.54. The van der Waals surface area contributed by atoms with Gasteiger partial charge in [0.05, 0.1) is 0 Å². The van der Waals surface area contributed by atoms with E-state index in [1.807, 2.05) is 24.3 Å². The number of alkyl carbamates (subject to hydrolysis) is 1. The number of carbonyl (C=O) groups is 3. The molecule has 0 radical (unpaired) electrons. The Morgan fingerprint density at radius 2 is 1.70 bits per heavy atom. The summed E-state index contributed by atoms with van der Waals surface area (Å²) in [6.45, 7) is 0.541. The Kier molecular flexibility index (Phi) is 6.01. The summed E-state index contributed by atoms with van der Waals surface area (Å²) in [6, 6.07) is 14.6. The number of hydrogen-bond donors (Lipinski definition) is 2. The summed E-state index contributed by atoms with van der Waals surface area (Å²) in [4.78, 5) is 39.0. The zero-order valence-corrected chi connectivity index (χ0v) is 18.9. The standard InChI is InChI=1S/C25H26N2O5S/c28-23(27-11-12-33-14-21(27)24(29)30)22(15-9-10-15)26-25(31)32-13-20-18-7-3-1-5-16(18)17-6-2-4-8-19(17)20/h1-8,15,20-22H,9-14H2,(H,26,31)(H,29,30). The molecule has 1 saturated carbocycles. The van der Waals surface area contributed by atoms with Gasteiger partial charge in [0.2, 0.25) is 5.91 Å². The fraction of sp³-hybridized carbons (Fsp3) is 0.400. The third kappa shape index (κ3) is 4.31. The molecule has 3 aliphatic rings. The zero-order chi connectivity index (χ0) is 22.9. The highest BCUT2D eigenvalue weighted by atomic mass is 32.2. The van der Waals surface area contributed by atoms with Crippen molar-refractivity contribution in [1.82, 2.24) is 10.2 Å². The van der Waals surface area contributed by atoms with Crippen molar-refractivity contribution in [2.75, 3.05) is 24.7 Å². The van der Waals surface area contributed by atoms with Crippen molar-refractivity contribution in [2.45, 2.75) is 30.8 Å². The number of fused-ring (bicyclic) bond motifs is 3. The topological polar surface area (TPSA) is 95.9 Å². The minimum Gasteiger partial charge on any atom is -0.480 e. The van der Waals surface area contributed by atoms with Crippen molar-refractivity contribution >= 4 is 29.7 Å². The monoisotopic (exact) mass is 466 g/mol. The van der Waals surface area contributed by atoms with Crippen LogP contribution in [0.3, 0.4) is 0 Å². The van der Waals surface area contributed by atoms with Gasteiger partial charge in [-0.15, -0.1) is 0 Å². The number of carboxylic acid groups (broad SMARTS) is 1. The van der Waals surface area contributed by atoms with Crippen LogP contribution in [-0.4, -0.2) is 64.7 Å². The highest BCUT2D eigenvalue weighted by molar-refractivity contribution is 7.99. The molecule has 7 nitrogen and oxygen atoms in total. The lowest BCUT2D eigenvalue weighted by Crippen LogP contribution is -2.57. The van der Waals surface area contributed by atoms with Crippen molar-refractivity contribution in [2.24, 2.45) is 5.92 Å². The van der Waals surface area contributed by atoms with Crippen LogP contribution in [0.5, 0.6) is 0 Å². The molecule has 33 heavy (non-hydrogen) atoms. The summed E-state index contributed by atoms with van der Waals surface area (Å²) < 4.78 is 5.62. The van der Waals surface area contributed by atoms with Crippen LogP contribution in [0.1, 0.15) is 29.9 Å². The van der Waals surface area contributed by atoms with Crippen LogP contribution in [0.4, 0.5) is 4.79 Å². The largest absolute Gasteiger partial charge is 0.480 e. The number of carbonyl (C=O) groups excluding carboxylic acids is 2. The molecule has 2 N–H and O–H groups in total. The van der Waals surface area contributed by atoms with Gasteiger partial charge < -0.3 is 20.1 Å². The van der Waals surface area contributed by atoms with Gasteiger partial charge in [-0.3, -0.25) is 4.79 Å². The molecule has 0 bridgehead atoms. The first-order valence-corrected chi connectivity index (χ1v) is 12.4. The number of amides is 2.